The van der Waals surface area contributed by atoms with Gasteiger partial charge in [0.15, 0.2) is 0 Å². The first-order chi connectivity index (χ1) is 17.3. The molecule has 7 heteroatoms. The molecule has 0 radical (unpaired) electrons. The average molecular weight is 521 g/mol. The quantitative estimate of drug-likeness (QED) is 0.398. The number of benzene rings is 1. The van der Waals surface area contributed by atoms with E-state index in [9.17, 15) is 18.0 Å². The molecule has 0 N–H and O–H groups in total. The van der Waals surface area contributed by atoms with Crippen LogP contribution in [-0.2, 0) is 11.0 Å². The lowest BCUT2D eigenvalue weighted by Crippen LogP contribution is -2.41. The number of carbonyl (C=O) groups excluding carboxylic acids is 1. The number of nitrogens with zero attached hydrogens (tertiary/aromatic N) is 2. The highest BCUT2D eigenvalue weighted by molar-refractivity contribution is 6.30. The Kier molecular flexibility index (Phi) is 7.83. The topological polar surface area (TPSA) is 23.6 Å². The molecular formula is C29H36ClF3N2O. The summed E-state index contributed by atoms with van der Waals surface area (Å²) >= 11 is 6.63. The normalized spacial score (nSPS) is 22.9. The van der Waals surface area contributed by atoms with Gasteiger partial charge >= 0.3 is 6.18 Å². The summed E-state index contributed by atoms with van der Waals surface area (Å²) in [4.78, 5) is 18.0. The van der Waals surface area contributed by atoms with Gasteiger partial charge < -0.3 is 9.80 Å². The summed E-state index contributed by atoms with van der Waals surface area (Å²) in [5.41, 5.74) is 4.00. The smallest absolute Gasteiger partial charge is 0.315 e. The number of amides is 1. The Labute approximate surface area is 217 Å². The Hall–Kier alpha value is -1.79. The van der Waals surface area contributed by atoms with Gasteiger partial charge in [-0.05, 0) is 93.2 Å². The number of carbonyl (C=O) groups is 1. The molecule has 2 heterocycles. The fourth-order valence-electron chi connectivity index (χ4n) is 6.66. The summed E-state index contributed by atoms with van der Waals surface area (Å²) < 4.78 is 39.5. The zero-order valence-corrected chi connectivity index (χ0v) is 21.6. The second-order valence-corrected chi connectivity index (χ2v) is 11.3. The van der Waals surface area contributed by atoms with E-state index in [-0.39, 0.29) is 11.8 Å². The van der Waals surface area contributed by atoms with Crippen molar-refractivity contribution in [3.63, 3.8) is 0 Å². The van der Waals surface area contributed by atoms with Crippen LogP contribution in [0.2, 0.25) is 0 Å². The summed E-state index contributed by atoms with van der Waals surface area (Å²) in [6.07, 6.45) is 6.37. The van der Waals surface area contributed by atoms with E-state index in [2.05, 4.69) is 9.80 Å². The van der Waals surface area contributed by atoms with Gasteiger partial charge in [0.25, 0.3) is 0 Å². The standard InChI is InChI=1S/C29H36ClF3N2O/c30-26-10-4-9-25-24(26)13-18-35(28(36)21-5-1-2-6-21)27(25)14-17-34-15-11-20(12-16-34)22-7-3-8-23(19-22)29(31,32)33/h3,7-8,19-21H,1-2,4-6,9-18H2. The van der Waals surface area contributed by atoms with E-state index in [1.165, 1.54) is 29.0 Å². The van der Waals surface area contributed by atoms with Gasteiger partial charge in [0.2, 0.25) is 5.91 Å². The molecule has 2 fully saturated rings. The van der Waals surface area contributed by atoms with Gasteiger partial charge in [-0.25, -0.2) is 0 Å². The summed E-state index contributed by atoms with van der Waals surface area (Å²) in [6.45, 7) is 3.33. The van der Waals surface area contributed by atoms with Gasteiger partial charge in [-0.15, -0.1) is 0 Å². The maximum atomic E-state index is 13.5. The van der Waals surface area contributed by atoms with E-state index >= 15 is 0 Å². The molecule has 1 saturated heterocycles. The van der Waals surface area contributed by atoms with Gasteiger partial charge in [-0.1, -0.05) is 42.6 Å². The third kappa shape index (κ3) is 5.55. The number of fused-ring (bicyclic) bond motifs is 1. The Bertz CT molecular complexity index is 1030. The number of likely N-dealkylation sites (tertiary alicyclic amines) is 1. The minimum absolute atomic E-state index is 0.160. The highest BCUT2D eigenvalue weighted by Gasteiger charge is 2.35. The second kappa shape index (κ2) is 10.9. The molecule has 1 aromatic rings. The number of allylic oxidation sites excluding steroid dienone is 2. The summed E-state index contributed by atoms with van der Waals surface area (Å²) in [5.74, 6) is 0.625. The molecule has 4 aliphatic rings. The van der Waals surface area contributed by atoms with Crippen LogP contribution in [0.15, 0.2) is 46.1 Å². The van der Waals surface area contributed by atoms with Crippen molar-refractivity contribution in [3.8, 4) is 0 Å². The Morgan fingerprint density at radius 3 is 2.42 bits per heavy atom. The average Bonchev–Trinajstić information content (AvgIpc) is 3.42. The molecule has 0 aromatic heterocycles. The van der Waals surface area contributed by atoms with Crippen molar-refractivity contribution < 1.29 is 18.0 Å². The highest BCUT2D eigenvalue weighted by Crippen LogP contribution is 2.42. The Morgan fingerprint density at radius 1 is 0.944 bits per heavy atom. The lowest BCUT2D eigenvalue weighted by atomic mass is 9.85. The van der Waals surface area contributed by atoms with Crippen molar-refractivity contribution in [1.82, 2.24) is 9.80 Å². The van der Waals surface area contributed by atoms with Crippen LogP contribution >= 0.6 is 11.6 Å². The molecule has 1 aromatic carbocycles. The lowest BCUT2D eigenvalue weighted by Gasteiger charge is -2.39. The number of hydrogen-bond acceptors (Lipinski definition) is 2. The van der Waals surface area contributed by atoms with Crippen molar-refractivity contribution in [2.75, 3.05) is 26.2 Å². The largest absolute Gasteiger partial charge is 0.416 e. The van der Waals surface area contributed by atoms with Crippen LogP contribution in [0.1, 0.15) is 87.7 Å². The summed E-state index contributed by atoms with van der Waals surface area (Å²) in [7, 11) is 0. The maximum absolute atomic E-state index is 13.5. The van der Waals surface area contributed by atoms with E-state index in [0.29, 0.717) is 5.91 Å². The summed E-state index contributed by atoms with van der Waals surface area (Å²) in [5, 5.41) is 0.976. The molecule has 3 nitrogen and oxygen atoms in total. The van der Waals surface area contributed by atoms with Gasteiger partial charge in [0.1, 0.15) is 0 Å². The second-order valence-electron chi connectivity index (χ2n) is 10.9. The minimum atomic E-state index is -4.30. The van der Waals surface area contributed by atoms with Crippen molar-refractivity contribution in [2.45, 2.75) is 82.7 Å². The SMILES string of the molecule is O=C(C1CCCC1)N1CCC2=C(Cl)CCCC2=C1CCN1CCC(c2cccc(C(F)(F)F)c2)CC1. The molecule has 0 spiro atoms. The van der Waals surface area contributed by atoms with Gasteiger partial charge in [-0.3, -0.25) is 4.79 Å². The number of piperidine rings is 1. The number of alkyl halides is 3. The van der Waals surface area contributed by atoms with Crippen molar-refractivity contribution >= 4 is 17.5 Å². The van der Waals surface area contributed by atoms with E-state index in [4.69, 9.17) is 11.6 Å². The molecule has 0 atom stereocenters. The van der Waals surface area contributed by atoms with Crippen molar-refractivity contribution in [2.24, 2.45) is 5.92 Å². The van der Waals surface area contributed by atoms with Crippen LogP contribution in [-0.4, -0.2) is 41.9 Å². The lowest BCUT2D eigenvalue weighted by molar-refractivity contribution is -0.137. The van der Waals surface area contributed by atoms with E-state index < -0.39 is 11.7 Å². The molecule has 2 aliphatic heterocycles. The Balaban J connectivity index is 1.26. The molecule has 0 bridgehead atoms. The van der Waals surface area contributed by atoms with Gasteiger partial charge in [0.05, 0.1) is 5.56 Å². The van der Waals surface area contributed by atoms with Gasteiger partial charge in [0, 0.05) is 36.2 Å². The third-order valence-corrected chi connectivity index (χ3v) is 9.10. The first-order valence-corrected chi connectivity index (χ1v) is 14.0. The van der Waals surface area contributed by atoms with Crippen LogP contribution in [0.25, 0.3) is 0 Å². The van der Waals surface area contributed by atoms with Crippen molar-refractivity contribution in [3.05, 3.63) is 57.3 Å². The van der Waals surface area contributed by atoms with Crippen LogP contribution in [0.5, 0.6) is 0 Å². The summed E-state index contributed by atoms with van der Waals surface area (Å²) in [6, 6.07) is 5.83. The fourth-order valence-corrected chi connectivity index (χ4v) is 7.00. The first-order valence-electron chi connectivity index (χ1n) is 13.6. The Morgan fingerprint density at radius 2 is 1.69 bits per heavy atom. The molecular weight excluding hydrogens is 485 g/mol. The molecule has 196 valence electrons. The monoisotopic (exact) mass is 520 g/mol. The number of hydrogen-bond donors (Lipinski definition) is 0. The van der Waals surface area contributed by atoms with Crippen LogP contribution in [0.4, 0.5) is 13.2 Å². The number of halogens is 4. The molecule has 2 aliphatic carbocycles. The molecule has 36 heavy (non-hydrogen) atoms. The fraction of sp³-hybridized carbons (Fsp3) is 0.621. The third-order valence-electron chi connectivity index (χ3n) is 8.68. The zero-order valence-electron chi connectivity index (χ0n) is 20.9. The molecule has 1 amide bonds. The first kappa shape index (κ1) is 25.8. The predicted molar refractivity (Wildman–Crippen MR) is 137 cm³/mol. The minimum Gasteiger partial charge on any atom is -0.315 e. The molecule has 1 saturated carbocycles. The number of rotatable bonds is 5. The van der Waals surface area contributed by atoms with Crippen molar-refractivity contribution in [1.29, 1.82) is 0 Å². The van der Waals surface area contributed by atoms with Gasteiger partial charge in [-0.2, -0.15) is 13.2 Å². The van der Waals surface area contributed by atoms with E-state index in [0.717, 1.165) is 113 Å². The maximum Gasteiger partial charge on any atom is 0.416 e. The molecule has 0 unspecified atom stereocenters. The van der Waals surface area contributed by atoms with E-state index in [1.807, 2.05) is 6.07 Å². The predicted octanol–water partition coefficient (Wildman–Crippen LogP) is 7.63. The molecule has 5 rings (SSSR count). The van der Waals surface area contributed by atoms with E-state index in [1.54, 1.807) is 0 Å². The van der Waals surface area contributed by atoms with Crippen LogP contribution in [0, 0.1) is 5.92 Å². The highest BCUT2D eigenvalue weighted by atomic mass is 35.5. The van der Waals surface area contributed by atoms with Crippen LogP contribution < -0.4 is 0 Å². The van der Waals surface area contributed by atoms with Crippen LogP contribution in [0.3, 0.4) is 0 Å². The zero-order chi connectivity index (χ0) is 25.3.